The number of hydrogen-bond donors (Lipinski definition) is 1. The lowest BCUT2D eigenvalue weighted by Crippen LogP contribution is -2.19. The van der Waals surface area contributed by atoms with Gasteiger partial charge in [0.25, 0.3) is 0 Å². The lowest BCUT2D eigenvalue weighted by Gasteiger charge is -2.14. The molecule has 0 saturated heterocycles. The van der Waals surface area contributed by atoms with Crippen molar-refractivity contribution in [3.8, 4) is 0 Å². The van der Waals surface area contributed by atoms with E-state index in [4.69, 9.17) is 11.6 Å². The summed E-state index contributed by atoms with van der Waals surface area (Å²) in [6.45, 7) is 0. The SMILES string of the molecule is Cn1c(SCC(=O)Nc2ccnn2C2CCCC2)nc2cc(Cl)ccc21. The summed E-state index contributed by atoms with van der Waals surface area (Å²) in [4.78, 5) is 17.0. The monoisotopic (exact) mass is 389 g/mol. The molecule has 1 aromatic carbocycles. The van der Waals surface area contributed by atoms with Gasteiger partial charge in [-0.15, -0.1) is 0 Å². The number of fused-ring (bicyclic) bond motifs is 1. The van der Waals surface area contributed by atoms with Crippen molar-refractivity contribution in [1.29, 1.82) is 0 Å². The Morgan fingerprint density at radius 2 is 2.15 bits per heavy atom. The van der Waals surface area contributed by atoms with Crippen molar-refractivity contribution in [1.82, 2.24) is 19.3 Å². The molecular formula is C18H20ClN5OS. The van der Waals surface area contributed by atoms with Gasteiger partial charge in [0.05, 0.1) is 29.0 Å². The molecule has 1 aliphatic rings. The van der Waals surface area contributed by atoms with Crippen LogP contribution in [0.1, 0.15) is 31.7 Å². The van der Waals surface area contributed by atoms with Crippen molar-refractivity contribution in [2.75, 3.05) is 11.1 Å². The van der Waals surface area contributed by atoms with Gasteiger partial charge in [0, 0.05) is 18.1 Å². The topological polar surface area (TPSA) is 64.7 Å². The van der Waals surface area contributed by atoms with Crippen molar-refractivity contribution >= 4 is 46.1 Å². The number of aromatic nitrogens is 4. The number of imidazole rings is 1. The maximum absolute atomic E-state index is 12.4. The predicted molar refractivity (Wildman–Crippen MR) is 105 cm³/mol. The van der Waals surface area contributed by atoms with Gasteiger partial charge in [0.15, 0.2) is 5.16 Å². The van der Waals surface area contributed by atoms with Crippen LogP contribution in [0, 0.1) is 0 Å². The van der Waals surface area contributed by atoms with E-state index in [1.807, 2.05) is 40.6 Å². The van der Waals surface area contributed by atoms with Crippen molar-refractivity contribution in [2.45, 2.75) is 36.9 Å². The summed E-state index contributed by atoms with van der Waals surface area (Å²) < 4.78 is 3.93. The number of nitrogens with one attached hydrogen (secondary N) is 1. The number of thioether (sulfide) groups is 1. The average molecular weight is 390 g/mol. The standard InChI is InChI=1S/C18H20ClN5OS/c1-23-15-7-6-12(19)10-14(15)21-18(23)26-11-17(25)22-16-8-9-20-24(16)13-4-2-3-5-13/h6-10,13H,2-5,11H2,1H3,(H,22,25). The molecule has 0 radical (unpaired) electrons. The van der Waals surface area contributed by atoms with Crippen LogP contribution in [0.4, 0.5) is 5.82 Å². The molecule has 1 aliphatic carbocycles. The molecule has 3 aromatic rings. The van der Waals surface area contributed by atoms with Gasteiger partial charge in [-0.1, -0.05) is 36.2 Å². The smallest absolute Gasteiger partial charge is 0.235 e. The highest BCUT2D eigenvalue weighted by Crippen LogP contribution is 2.31. The molecule has 2 heterocycles. The lowest BCUT2D eigenvalue weighted by molar-refractivity contribution is -0.113. The summed E-state index contributed by atoms with van der Waals surface area (Å²) in [5.74, 6) is 1.01. The van der Waals surface area contributed by atoms with Crippen molar-refractivity contribution in [3.05, 3.63) is 35.5 Å². The second-order valence-electron chi connectivity index (χ2n) is 6.52. The van der Waals surface area contributed by atoms with E-state index < -0.39 is 0 Å². The molecule has 0 atom stereocenters. The van der Waals surface area contributed by atoms with E-state index in [-0.39, 0.29) is 5.91 Å². The molecule has 0 aliphatic heterocycles. The Bertz CT molecular complexity index is 944. The lowest BCUT2D eigenvalue weighted by atomic mass is 10.2. The van der Waals surface area contributed by atoms with Gasteiger partial charge >= 0.3 is 0 Å². The van der Waals surface area contributed by atoms with Gasteiger partial charge in [-0.2, -0.15) is 5.10 Å². The largest absolute Gasteiger partial charge is 0.322 e. The van der Waals surface area contributed by atoms with E-state index in [0.717, 1.165) is 34.8 Å². The van der Waals surface area contributed by atoms with Crippen LogP contribution in [0.15, 0.2) is 35.6 Å². The molecule has 8 heteroatoms. The summed E-state index contributed by atoms with van der Waals surface area (Å²) in [5.41, 5.74) is 1.83. The van der Waals surface area contributed by atoms with Crippen molar-refractivity contribution in [3.63, 3.8) is 0 Å². The molecule has 0 spiro atoms. The highest BCUT2D eigenvalue weighted by atomic mass is 35.5. The Kier molecular flexibility index (Phi) is 4.91. The van der Waals surface area contributed by atoms with Crippen LogP contribution in [0.3, 0.4) is 0 Å². The van der Waals surface area contributed by atoms with E-state index in [9.17, 15) is 4.79 Å². The van der Waals surface area contributed by atoms with E-state index >= 15 is 0 Å². The number of carbonyl (C=O) groups is 1. The average Bonchev–Trinajstić information content (AvgIpc) is 3.33. The molecular weight excluding hydrogens is 370 g/mol. The molecule has 26 heavy (non-hydrogen) atoms. The zero-order valence-corrected chi connectivity index (χ0v) is 16.1. The number of rotatable bonds is 5. The van der Waals surface area contributed by atoms with Crippen LogP contribution in [0.5, 0.6) is 0 Å². The summed E-state index contributed by atoms with van der Waals surface area (Å²) >= 11 is 7.44. The van der Waals surface area contributed by atoms with Gasteiger partial charge in [0.1, 0.15) is 5.82 Å². The molecule has 1 saturated carbocycles. The fraction of sp³-hybridized carbons (Fsp3) is 0.389. The van der Waals surface area contributed by atoms with E-state index in [0.29, 0.717) is 16.8 Å². The minimum atomic E-state index is -0.0557. The molecule has 1 amide bonds. The number of aryl methyl sites for hydroxylation is 1. The molecule has 0 bridgehead atoms. The quantitative estimate of drug-likeness (QED) is 0.662. The number of anilines is 1. The van der Waals surface area contributed by atoms with Gasteiger partial charge in [-0.25, -0.2) is 9.67 Å². The summed E-state index contributed by atoms with van der Waals surface area (Å²) in [6, 6.07) is 7.88. The van der Waals surface area contributed by atoms with Crippen LogP contribution in [-0.2, 0) is 11.8 Å². The summed E-state index contributed by atoms with van der Waals surface area (Å²) in [7, 11) is 1.94. The zero-order chi connectivity index (χ0) is 18.1. The normalized spacial score (nSPS) is 15.0. The third-order valence-corrected chi connectivity index (χ3v) is 6.01. The molecule has 1 fully saturated rings. The first-order valence-corrected chi connectivity index (χ1v) is 10.1. The van der Waals surface area contributed by atoms with E-state index in [1.165, 1.54) is 24.6 Å². The van der Waals surface area contributed by atoms with Crippen molar-refractivity contribution in [2.24, 2.45) is 7.05 Å². The summed E-state index contributed by atoms with van der Waals surface area (Å²) in [5, 5.41) is 8.82. The third-order valence-electron chi connectivity index (χ3n) is 4.74. The Hall–Kier alpha value is -1.99. The number of benzene rings is 1. The van der Waals surface area contributed by atoms with Crippen LogP contribution < -0.4 is 5.32 Å². The number of carbonyl (C=O) groups excluding carboxylic acids is 1. The van der Waals surface area contributed by atoms with Gasteiger partial charge < -0.3 is 9.88 Å². The predicted octanol–water partition coefficient (Wildman–Crippen LogP) is 4.27. The number of nitrogens with zero attached hydrogens (tertiary/aromatic N) is 4. The second-order valence-corrected chi connectivity index (χ2v) is 7.90. The number of hydrogen-bond acceptors (Lipinski definition) is 4. The van der Waals surface area contributed by atoms with Crippen LogP contribution in [0.25, 0.3) is 11.0 Å². The van der Waals surface area contributed by atoms with Crippen LogP contribution in [-0.4, -0.2) is 31.0 Å². The highest BCUT2D eigenvalue weighted by molar-refractivity contribution is 7.99. The Morgan fingerprint density at radius 3 is 2.96 bits per heavy atom. The first-order valence-electron chi connectivity index (χ1n) is 8.70. The zero-order valence-electron chi connectivity index (χ0n) is 14.5. The molecule has 6 nitrogen and oxygen atoms in total. The molecule has 136 valence electrons. The maximum Gasteiger partial charge on any atom is 0.235 e. The second kappa shape index (κ2) is 7.32. The van der Waals surface area contributed by atoms with E-state index in [2.05, 4.69) is 15.4 Å². The number of amides is 1. The minimum Gasteiger partial charge on any atom is -0.322 e. The fourth-order valence-corrected chi connectivity index (χ4v) is 4.40. The van der Waals surface area contributed by atoms with Crippen LogP contribution in [0.2, 0.25) is 5.02 Å². The van der Waals surface area contributed by atoms with Gasteiger partial charge in [0.2, 0.25) is 5.91 Å². The third kappa shape index (κ3) is 3.46. The summed E-state index contributed by atoms with van der Waals surface area (Å²) in [6.07, 6.45) is 6.45. The Labute approximate surface area is 160 Å². The first-order chi connectivity index (χ1) is 12.6. The van der Waals surface area contributed by atoms with Crippen LogP contribution >= 0.6 is 23.4 Å². The maximum atomic E-state index is 12.4. The van der Waals surface area contributed by atoms with Gasteiger partial charge in [-0.05, 0) is 31.0 Å². The highest BCUT2D eigenvalue weighted by Gasteiger charge is 2.20. The van der Waals surface area contributed by atoms with E-state index in [1.54, 1.807) is 6.20 Å². The molecule has 0 unspecified atom stereocenters. The van der Waals surface area contributed by atoms with Gasteiger partial charge in [-0.3, -0.25) is 4.79 Å². The minimum absolute atomic E-state index is 0.0557. The Morgan fingerprint density at radius 1 is 1.35 bits per heavy atom. The first kappa shape index (κ1) is 17.4. The Balaban J connectivity index is 1.42. The molecule has 2 aromatic heterocycles. The molecule has 4 rings (SSSR count). The number of halogens is 1. The fourth-order valence-electron chi connectivity index (χ4n) is 3.44. The van der Waals surface area contributed by atoms with Crippen molar-refractivity contribution < 1.29 is 4.79 Å². The molecule has 1 N–H and O–H groups in total.